The standard InChI is InChI=1S/C76H143O24P/c1-5-8-11-14-17-19-21-23-25-26-28-29-31-33-39-45-50-61(79)93-55-59-64(82)66(84)71(89)76(97-59)99-73-69(87)67(85)68(86)72(98-75-70(88)65(83)63(81)58(52-77)96-75)74(73)100-101(90,91)94-54-57(95-62(80)51-46-41-34-32-30-27-24-22-20-18-15-12-9-6-2)53-92-60(78)49-44-40-36-35-38-43-48-56(4)47-42-37-16-13-10-7-3/h56-59,63-77,81-89H,5-55H2,1-4H3,(H,90,91). The summed E-state index contributed by atoms with van der Waals surface area (Å²) in [6.45, 7) is 5.82. The van der Waals surface area contributed by atoms with Gasteiger partial charge in [0.1, 0.15) is 98.7 Å². The third-order valence-corrected chi connectivity index (χ3v) is 21.3. The zero-order valence-electron chi connectivity index (χ0n) is 62.6. The van der Waals surface area contributed by atoms with Gasteiger partial charge in [-0.3, -0.25) is 23.4 Å². The highest BCUT2D eigenvalue weighted by Crippen LogP contribution is 2.49. The molecule has 3 rings (SSSR count). The van der Waals surface area contributed by atoms with Crippen LogP contribution in [-0.4, -0.2) is 204 Å². The van der Waals surface area contributed by atoms with Crippen molar-refractivity contribution in [1.82, 2.24) is 0 Å². The van der Waals surface area contributed by atoms with E-state index in [-0.39, 0.29) is 19.3 Å². The topological polar surface area (TPSA) is 374 Å². The van der Waals surface area contributed by atoms with Crippen molar-refractivity contribution in [2.24, 2.45) is 5.92 Å². The number of rotatable bonds is 63. The summed E-state index contributed by atoms with van der Waals surface area (Å²) in [7, 11) is -5.70. The molecule has 1 saturated carbocycles. The molecule has 0 bridgehead atoms. The Hall–Kier alpha value is -2.04. The molecule has 101 heavy (non-hydrogen) atoms. The van der Waals surface area contributed by atoms with E-state index < -0.39 is 156 Å². The molecular weight excluding hydrogens is 1330 g/mol. The molecule has 19 unspecified atom stereocenters. The van der Waals surface area contributed by atoms with Crippen LogP contribution in [0.1, 0.15) is 329 Å². The first-order valence-electron chi connectivity index (χ1n) is 40.2. The minimum atomic E-state index is -5.70. The highest BCUT2D eigenvalue weighted by atomic mass is 31.2. The fraction of sp³-hybridized carbons (Fsp3) is 0.961. The summed E-state index contributed by atoms with van der Waals surface area (Å²) >= 11 is 0. The number of aliphatic hydroxyl groups excluding tert-OH is 10. The summed E-state index contributed by atoms with van der Waals surface area (Å²) in [5, 5.41) is 110. The normalized spacial score (nSPS) is 27.4. The van der Waals surface area contributed by atoms with Crippen molar-refractivity contribution in [3.8, 4) is 0 Å². The number of phosphoric ester groups is 1. The smallest absolute Gasteiger partial charge is 0.463 e. The lowest BCUT2D eigenvalue weighted by Crippen LogP contribution is -2.69. The Bertz CT molecular complexity index is 2100. The highest BCUT2D eigenvalue weighted by Gasteiger charge is 2.58. The summed E-state index contributed by atoms with van der Waals surface area (Å²) in [6.07, 6.45) is 14.3. The van der Waals surface area contributed by atoms with Crippen LogP contribution in [0.3, 0.4) is 0 Å². The largest absolute Gasteiger partial charge is 0.472 e. The third-order valence-electron chi connectivity index (χ3n) is 20.3. The average Bonchev–Trinajstić information content (AvgIpc) is 0.761. The Morgan fingerprint density at radius 2 is 0.693 bits per heavy atom. The van der Waals surface area contributed by atoms with Gasteiger partial charge in [-0.05, 0) is 25.2 Å². The molecule has 25 heteroatoms. The molecule has 24 nitrogen and oxygen atoms in total. The van der Waals surface area contributed by atoms with E-state index in [1.807, 2.05) is 0 Å². The lowest BCUT2D eigenvalue weighted by atomic mass is 9.84. The summed E-state index contributed by atoms with van der Waals surface area (Å²) < 4.78 is 65.2. The summed E-state index contributed by atoms with van der Waals surface area (Å²) in [4.78, 5) is 51.2. The molecule has 0 amide bonds. The second-order valence-corrected chi connectivity index (χ2v) is 30.8. The van der Waals surface area contributed by atoms with E-state index in [1.54, 1.807) is 0 Å². The van der Waals surface area contributed by atoms with Gasteiger partial charge in [0.2, 0.25) is 0 Å². The maximum atomic E-state index is 14.4. The first kappa shape index (κ1) is 93.2. The molecule has 19 atom stereocenters. The number of carbonyl (C=O) groups is 3. The van der Waals surface area contributed by atoms with Crippen LogP contribution in [0.25, 0.3) is 0 Å². The number of hydrogen-bond acceptors (Lipinski definition) is 23. The van der Waals surface area contributed by atoms with Crippen LogP contribution in [0, 0.1) is 5.92 Å². The first-order valence-corrected chi connectivity index (χ1v) is 41.7. The van der Waals surface area contributed by atoms with Crippen molar-refractivity contribution >= 4 is 25.7 Å². The molecule has 596 valence electrons. The second kappa shape index (κ2) is 57.1. The highest BCUT2D eigenvalue weighted by molar-refractivity contribution is 7.47. The number of hydrogen-bond donors (Lipinski definition) is 11. The Kier molecular flexibility index (Phi) is 52.7. The lowest BCUT2D eigenvalue weighted by molar-refractivity contribution is -0.360. The maximum absolute atomic E-state index is 14.4. The van der Waals surface area contributed by atoms with Gasteiger partial charge < -0.3 is 89.1 Å². The van der Waals surface area contributed by atoms with Crippen LogP contribution < -0.4 is 0 Å². The fourth-order valence-electron chi connectivity index (χ4n) is 13.7. The summed E-state index contributed by atoms with van der Waals surface area (Å²) in [5.41, 5.74) is 0. The minimum absolute atomic E-state index is 0.0338. The molecule has 2 saturated heterocycles. The van der Waals surface area contributed by atoms with Crippen LogP contribution in [0.5, 0.6) is 0 Å². The first-order chi connectivity index (χ1) is 48.7. The predicted octanol–water partition coefficient (Wildman–Crippen LogP) is 12.0. The third kappa shape index (κ3) is 40.1. The van der Waals surface area contributed by atoms with E-state index >= 15 is 0 Å². The molecule has 2 heterocycles. The summed E-state index contributed by atoms with van der Waals surface area (Å²) in [5.74, 6) is -1.27. The van der Waals surface area contributed by atoms with Crippen molar-refractivity contribution in [2.75, 3.05) is 26.4 Å². The molecule has 0 radical (unpaired) electrons. The van der Waals surface area contributed by atoms with Crippen molar-refractivity contribution in [1.29, 1.82) is 0 Å². The molecule has 2 aliphatic heterocycles. The average molecular weight is 1470 g/mol. The van der Waals surface area contributed by atoms with Gasteiger partial charge in [0.05, 0.1) is 13.2 Å². The minimum Gasteiger partial charge on any atom is -0.463 e. The quantitative estimate of drug-likeness (QED) is 0.0117. The van der Waals surface area contributed by atoms with E-state index in [2.05, 4.69) is 27.7 Å². The Morgan fingerprint density at radius 1 is 0.376 bits per heavy atom. The number of carbonyl (C=O) groups excluding carboxylic acids is 3. The van der Waals surface area contributed by atoms with Gasteiger partial charge in [-0.25, -0.2) is 4.57 Å². The van der Waals surface area contributed by atoms with Crippen molar-refractivity contribution in [2.45, 2.75) is 434 Å². The van der Waals surface area contributed by atoms with E-state index in [9.17, 15) is 74.9 Å². The van der Waals surface area contributed by atoms with Gasteiger partial charge in [-0.15, -0.1) is 0 Å². The molecule has 11 N–H and O–H groups in total. The van der Waals surface area contributed by atoms with E-state index in [4.69, 9.17) is 42.2 Å². The number of phosphoric acid groups is 1. The van der Waals surface area contributed by atoms with E-state index in [0.29, 0.717) is 25.2 Å². The number of aliphatic hydroxyl groups is 10. The monoisotopic (exact) mass is 1470 g/mol. The molecule has 1 aliphatic carbocycles. The van der Waals surface area contributed by atoms with Crippen LogP contribution in [-0.2, 0) is 61.2 Å². The Morgan fingerprint density at radius 3 is 1.07 bits per heavy atom. The van der Waals surface area contributed by atoms with Gasteiger partial charge in [0.25, 0.3) is 0 Å². The molecule has 0 aromatic rings. The van der Waals surface area contributed by atoms with Crippen molar-refractivity contribution in [3.63, 3.8) is 0 Å². The molecule has 3 aliphatic rings. The zero-order chi connectivity index (χ0) is 74.1. The number of esters is 3. The lowest BCUT2D eigenvalue weighted by Gasteiger charge is -2.49. The zero-order valence-corrected chi connectivity index (χ0v) is 63.5. The maximum Gasteiger partial charge on any atom is 0.472 e. The molecule has 0 spiro atoms. The van der Waals surface area contributed by atoms with E-state index in [0.717, 1.165) is 96.3 Å². The van der Waals surface area contributed by atoms with Crippen molar-refractivity contribution < 1.29 is 117 Å². The van der Waals surface area contributed by atoms with Gasteiger partial charge in [-0.1, -0.05) is 291 Å². The molecule has 3 fully saturated rings. The van der Waals surface area contributed by atoms with Gasteiger partial charge >= 0.3 is 25.7 Å². The number of unbranched alkanes of at least 4 members (excludes halogenated alkanes) is 38. The van der Waals surface area contributed by atoms with Crippen LogP contribution in [0.15, 0.2) is 0 Å². The van der Waals surface area contributed by atoms with Gasteiger partial charge in [-0.2, -0.15) is 0 Å². The SMILES string of the molecule is CCCCCCCCCCCCCCCCCCC(=O)OCC1OC(OC2C(O)C(O)C(O)C(OC3OC(CO)C(O)C(O)C3O)C2OP(=O)(O)OCC(COC(=O)CCCCCCCCC(C)CCCCCCCC)OC(=O)CCCCCCCCCCCCCCCC)C(O)C(O)C1O. The van der Waals surface area contributed by atoms with Gasteiger partial charge in [0, 0.05) is 19.3 Å². The van der Waals surface area contributed by atoms with Crippen molar-refractivity contribution in [3.05, 3.63) is 0 Å². The summed E-state index contributed by atoms with van der Waals surface area (Å²) in [6, 6.07) is 0. The molecule has 0 aromatic carbocycles. The Balaban J connectivity index is 1.71. The fourth-order valence-corrected chi connectivity index (χ4v) is 14.6. The molecular formula is C76H143O24P. The van der Waals surface area contributed by atoms with Gasteiger partial charge in [0.15, 0.2) is 18.7 Å². The van der Waals surface area contributed by atoms with Crippen LogP contribution in [0.2, 0.25) is 0 Å². The van der Waals surface area contributed by atoms with Crippen LogP contribution in [0.4, 0.5) is 0 Å². The second-order valence-electron chi connectivity index (χ2n) is 29.4. The van der Waals surface area contributed by atoms with E-state index in [1.165, 1.54) is 167 Å². The Labute approximate surface area is 606 Å². The number of ether oxygens (including phenoxy) is 7. The molecule has 0 aromatic heterocycles. The predicted molar refractivity (Wildman–Crippen MR) is 384 cm³/mol. The van der Waals surface area contributed by atoms with Crippen LogP contribution >= 0.6 is 7.82 Å².